The first kappa shape index (κ1) is 16.5. The van der Waals surface area contributed by atoms with E-state index in [0.717, 1.165) is 0 Å². The van der Waals surface area contributed by atoms with Crippen LogP contribution in [0.1, 0.15) is 36.6 Å². The fourth-order valence-electron chi connectivity index (χ4n) is 2.20. The van der Waals surface area contributed by atoms with E-state index in [0.29, 0.717) is 11.1 Å². The van der Waals surface area contributed by atoms with Crippen LogP contribution in [0.5, 0.6) is 0 Å². The van der Waals surface area contributed by atoms with Crippen molar-refractivity contribution in [1.82, 2.24) is 5.32 Å². The van der Waals surface area contributed by atoms with Gasteiger partial charge in [-0.2, -0.15) is 0 Å². The van der Waals surface area contributed by atoms with Gasteiger partial charge in [-0.15, -0.1) is 0 Å². The van der Waals surface area contributed by atoms with Gasteiger partial charge in [0.05, 0.1) is 18.6 Å². The van der Waals surface area contributed by atoms with E-state index in [1.807, 2.05) is 6.07 Å². The van der Waals surface area contributed by atoms with E-state index in [1.165, 1.54) is 18.2 Å². The highest BCUT2D eigenvalue weighted by Gasteiger charge is 2.17. The third-order valence-corrected chi connectivity index (χ3v) is 3.70. The number of aliphatic hydroxyl groups excluding tert-OH is 1. The van der Waals surface area contributed by atoms with Gasteiger partial charge in [0.1, 0.15) is 5.82 Å². The van der Waals surface area contributed by atoms with Gasteiger partial charge in [0.15, 0.2) is 0 Å². The van der Waals surface area contributed by atoms with Gasteiger partial charge in [0, 0.05) is 5.02 Å². The van der Waals surface area contributed by atoms with Gasteiger partial charge >= 0.3 is 0 Å². The van der Waals surface area contributed by atoms with Crippen LogP contribution in [-0.4, -0.2) is 11.0 Å². The van der Waals surface area contributed by atoms with Crippen molar-refractivity contribution in [1.29, 1.82) is 0 Å². The fourth-order valence-corrected chi connectivity index (χ4v) is 2.53. The highest BCUT2D eigenvalue weighted by Crippen LogP contribution is 2.24. The predicted molar refractivity (Wildman–Crippen MR) is 84.0 cm³/mol. The number of nitrogens with one attached hydrogen (secondary N) is 1. The highest BCUT2D eigenvalue weighted by molar-refractivity contribution is 6.31. The van der Waals surface area contributed by atoms with Gasteiger partial charge in [-0.25, -0.2) is 4.39 Å². The Morgan fingerprint density at radius 3 is 2.59 bits per heavy atom. The Kier molecular flexibility index (Phi) is 5.52. The summed E-state index contributed by atoms with van der Waals surface area (Å²) in [5.74, 6) is -0.726. The normalized spacial score (nSPS) is 13.5. The number of amides is 1. The summed E-state index contributed by atoms with van der Waals surface area (Å²) in [6.07, 6.45) is -0.912. The van der Waals surface area contributed by atoms with Crippen LogP contribution in [0.2, 0.25) is 5.02 Å². The summed E-state index contributed by atoms with van der Waals surface area (Å²) < 4.78 is 13.0. The highest BCUT2D eigenvalue weighted by atomic mass is 35.5. The zero-order valence-electron chi connectivity index (χ0n) is 12.1. The quantitative estimate of drug-likeness (QED) is 0.880. The summed E-state index contributed by atoms with van der Waals surface area (Å²) in [5.41, 5.74) is 1.32. The standard InChI is InChI=1S/C17H17ClFNO2/c1-11(14-8-7-13(19)9-15(14)18)20-17(22)10-16(21)12-5-3-2-4-6-12/h2-9,11,16,21H,10H2,1H3,(H,20,22). The Balaban J connectivity index is 1.96. The van der Waals surface area contributed by atoms with Crippen molar-refractivity contribution in [2.24, 2.45) is 0 Å². The van der Waals surface area contributed by atoms with Crippen molar-refractivity contribution in [3.05, 3.63) is 70.5 Å². The maximum absolute atomic E-state index is 13.0. The zero-order valence-corrected chi connectivity index (χ0v) is 12.8. The van der Waals surface area contributed by atoms with E-state index < -0.39 is 11.9 Å². The van der Waals surface area contributed by atoms with Crippen LogP contribution in [0.3, 0.4) is 0 Å². The number of aliphatic hydroxyl groups is 1. The van der Waals surface area contributed by atoms with Crippen molar-refractivity contribution in [2.75, 3.05) is 0 Å². The molecule has 0 aliphatic heterocycles. The molecule has 2 unspecified atom stereocenters. The van der Waals surface area contributed by atoms with Crippen LogP contribution < -0.4 is 5.32 Å². The molecule has 0 aliphatic rings. The number of hydrogen-bond donors (Lipinski definition) is 2. The van der Waals surface area contributed by atoms with Gasteiger partial charge < -0.3 is 10.4 Å². The Hall–Kier alpha value is -1.91. The first-order valence-corrected chi connectivity index (χ1v) is 7.32. The molecule has 0 heterocycles. The van der Waals surface area contributed by atoms with Crippen LogP contribution in [-0.2, 0) is 4.79 Å². The molecule has 0 radical (unpaired) electrons. The SMILES string of the molecule is CC(NC(=O)CC(O)c1ccccc1)c1ccc(F)cc1Cl. The molecule has 0 fully saturated rings. The van der Waals surface area contributed by atoms with Crippen LogP contribution in [0.4, 0.5) is 4.39 Å². The maximum Gasteiger partial charge on any atom is 0.223 e. The van der Waals surface area contributed by atoms with Crippen LogP contribution in [0.15, 0.2) is 48.5 Å². The van der Waals surface area contributed by atoms with Gasteiger partial charge in [-0.1, -0.05) is 48.0 Å². The smallest absolute Gasteiger partial charge is 0.223 e. The van der Waals surface area contributed by atoms with Crippen molar-refractivity contribution in [3.63, 3.8) is 0 Å². The molecule has 2 aromatic rings. The van der Waals surface area contributed by atoms with Crippen molar-refractivity contribution in [3.8, 4) is 0 Å². The monoisotopic (exact) mass is 321 g/mol. The molecule has 0 bridgehead atoms. The Labute approximate surface area is 133 Å². The lowest BCUT2D eigenvalue weighted by molar-refractivity contribution is -0.123. The molecule has 0 aliphatic carbocycles. The first-order chi connectivity index (χ1) is 10.5. The Bertz CT molecular complexity index is 648. The zero-order chi connectivity index (χ0) is 16.1. The average molecular weight is 322 g/mol. The number of carbonyl (C=O) groups is 1. The van der Waals surface area contributed by atoms with Gasteiger partial charge in [0.2, 0.25) is 5.91 Å². The van der Waals surface area contributed by atoms with E-state index in [4.69, 9.17) is 11.6 Å². The summed E-state index contributed by atoms with van der Waals surface area (Å²) in [5, 5.41) is 13.0. The average Bonchev–Trinajstić information content (AvgIpc) is 2.47. The van der Waals surface area contributed by atoms with Crippen LogP contribution in [0.25, 0.3) is 0 Å². The topological polar surface area (TPSA) is 49.3 Å². The molecule has 2 atom stereocenters. The molecule has 2 N–H and O–H groups in total. The number of carbonyl (C=O) groups excluding carboxylic acids is 1. The summed E-state index contributed by atoms with van der Waals surface area (Å²) in [6.45, 7) is 1.76. The third-order valence-electron chi connectivity index (χ3n) is 3.37. The van der Waals surface area contributed by atoms with E-state index >= 15 is 0 Å². The molecule has 1 amide bonds. The van der Waals surface area contributed by atoms with E-state index in [2.05, 4.69) is 5.32 Å². The summed E-state index contributed by atoms with van der Waals surface area (Å²) >= 11 is 5.97. The van der Waals surface area contributed by atoms with E-state index in [9.17, 15) is 14.3 Å². The van der Waals surface area contributed by atoms with Crippen molar-refractivity contribution >= 4 is 17.5 Å². The largest absolute Gasteiger partial charge is 0.388 e. The molecule has 2 aromatic carbocycles. The molecule has 0 saturated carbocycles. The molecule has 2 rings (SSSR count). The second-order valence-electron chi connectivity index (χ2n) is 5.09. The van der Waals surface area contributed by atoms with Crippen LogP contribution in [0, 0.1) is 5.82 Å². The van der Waals surface area contributed by atoms with E-state index in [1.54, 1.807) is 31.2 Å². The Morgan fingerprint density at radius 2 is 1.95 bits per heavy atom. The lowest BCUT2D eigenvalue weighted by atomic mass is 10.1. The second-order valence-corrected chi connectivity index (χ2v) is 5.49. The lowest BCUT2D eigenvalue weighted by Gasteiger charge is -2.17. The number of rotatable bonds is 5. The minimum Gasteiger partial charge on any atom is -0.388 e. The van der Waals surface area contributed by atoms with Gasteiger partial charge in [-0.3, -0.25) is 4.79 Å². The predicted octanol–water partition coefficient (Wildman–Crippen LogP) is 3.78. The molecule has 5 heteroatoms. The number of benzene rings is 2. The molecule has 3 nitrogen and oxygen atoms in total. The Morgan fingerprint density at radius 1 is 1.27 bits per heavy atom. The molecule has 0 saturated heterocycles. The summed E-state index contributed by atoms with van der Waals surface area (Å²) in [6, 6.07) is 12.6. The molecule has 0 aromatic heterocycles. The van der Waals surface area contributed by atoms with Gasteiger partial charge in [-0.05, 0) is 30.2 Å². The number of hydrogen-bond acceptors (Lipinski definition) is 2. The minimum atomic E-state index is -0.864. The summed E-state index contributed by atoms with van der Waals surface area (Å²) in [7, 11) is 0. The second kappa shape index (κ2) is 7.38. The molecular formula is C17H17ClFNO2. The maximum atomic E-state index is 13.0. The van der Waals surface area contributed by atoms with E-state index in [-0.39, 0.29) is 23.4 Å². The lowest BCUT2D eigenvalue weighted by Crippen LogP contribution is -2.28. The molecule has 0 spiro atoms. The van der Waals surface area contributed by atoms with Crippen molar-refractivity contribution in [2.45, 2.75) is 25.5 Å². The first-order valence-electron chi connectivity index (χ1n) is 6.94. The number of halogens is 2. The third kappa shape index (κ3) is 4.29. The molecule has 116 valence electrons. The minimum absolute atomic E-state index is 0.0484. The van der Waals surface area contributed by atoms with Crippen molar-refractivity contribution < 1.29 is 14.3 Å². The van der Waals surface area contributed by atoms with Gasteiger partial charge in [0.25, 0.3) is 0 Å². The summed E-state index contributed by atoms with van der Waals surface area (Å²) in [4.78, 5) is 12.0. The fraction of sp³-hybridized carbons (Fsp3) is 0.235. The van der Waals surface area contributed by atoms with Crippen LogP contribution >= 0.6 is 11.6 Å². The molecular weight excluding hydrogens is 305 g/mol. The molecule has 22 heavy (non-hydrogen) atoms.